The predicted octanol–water partition coefficient (Wildman–Crippen LogP) is 3.45. The standard InChI is InChI=1S/C11H8ClF6NO3/c1-21-8(20)3-6-7(22-11(16,17)18)2-5(4-12)19-9(6)10(13,14)15/h2H,3-4H2,1H3. The normalized spacial score (nSPS) is 12.2. The lowest BCUT2D eigenvalue weighted by Crippen LogP contribution is -2.22. The van der Waals surface area contributed by atoms with E-state index in [4.69, 9.17) is 11.6 Å². The molecule has 0 aliphatic rings. The summed E-state index contributed by atoms with van der Waals surface area (Å²) in [6, 6.07) is 0.591. The van der Waals surface area contributed by atoms with Gasteiger partial charge in [-0.1, -0.05) is 0 Å². The van der Waals surface area contributed by atoms with Gasteiger partial charge in [0, 0.05) is 11.6 Å². The number of carbonyl (C=O) groups is 1. The van der Waals surface area contributed by atoms with E-state index in [1.807, 2.05) is 0 Å². The van der Waals surface area contributed by atoms with E-state index in [9.17, 15) is 31.1 Å². The maximum atomic E-state index is 12.9. The summed E-state index contributed by atoms with van der Waals surface area (Å²) in [5.74, 6) is -2.95. The Morgan fingerprint density at radius 2 is 1.86 bits per heavy atom. The van der Waals surface area contributed by atoms with Crippen LogP contribution in [-0.2, 0) is 28.0 Å². The van der Waals surface area contributed by atoms with Gasteiger partial charge >= 0.3 is 18.5 Å². The molecule has 11 heteroatoms. The number of carbonyl (C=O) groups excluding carboxylic acids is 1. The Morgan fingerprint density at radius 1 is 1.27 bits per heavy atom. The molecule has 1 heterocycles. The molecule has 22 heavy (non-hydrogen) atoms. The summed E-state index contributed by atoms with van der Waals surface area (Å²) < 4.78 is 83.5. The summed E-state index contributed by atoms with van der Waals surface area (Å²) in [6.07, 6.45) is -11.4. The van der Waals surface area contributed by atoms with E-state index in [1.165, 1.54) is 0 Å². The van der Waals surface area contributed by atoms with Gasteiger partial charge in [-0.05, 0) is 0 Å². The Kier molecular flexibility index (Phi) is 5.49. The van der Waals surface area contributed by atoms with Crippen molar-refractivity contribution in [1.29, 1.82) is 0 Å². The average molecular weight is 352 g/mol. The highest BCUT2D eigenvalue weighted by molar-refractivity contribution is 6.16. The number of nitrogens with zero attached hydrogens (tertiary/aromatic N) is 1. The van der Waals surface area contributed by atoms with Gasteiger partial charge in [0.2, 0.25) is 0 Å². The zero-order valence-electron chi connectivity index (χ0n) is 10.8. The number of methoxy groups -OCH3 is 1. The van der Waals surface area contributed by atoms with Crippen molar-refractivity contribution in [2.45, 2.75) is 24.8 Å². The molecule has 1 aromatic rings. The summed E-state index contributed by atoms with van der Waals surface area (Å²) in [5.41, 5.74) is -3.25. The number of halogens is 7. The predicted molar refractivity (Wildman–Crippen MR) is 61.2 cm³/mol. The van der Waals surface area contributed by atoms with E-state index in [0.29, 0.717) is 6.07 Å². The minimum Gasteiger partial charge on any atom is -0.469 e. The molecule has 0 aliphatic carbocycles. The van der Waals surface area contributed by atoms with E-state index in [0.717, 1.165) is 7.11 Å². The first-order chi connectivity index (χ1) is 9.97. The van der Waals surface area contributed by atoms with Crippen LogP contribution in [0.5, 0.6) is 5.75 Å². The van der Waals surface area contributed by atoms with Gasteiger partial charge in [-0.25, -0.2) is 4.98 Å². The molecular formula is C11H8ClF6NO3. The van der Waals surface area contributed by atoms with Crippen LogP contribution in [0.1, 0.15) is 17.0 Å². The number of ether oxygens (including phenoxy) is 2. The van der Waals surface area contributed by atoms with Crippen LogP contribution in [0.2, 0.25) is 0 Å². The van der Waals surface area contributed by atoms with Gasteiger partial charge in [0.15, 0.2) is 5.69 Å². The summed E-state index contributed by atoms with van der Waals surface area (Å²) >= 11 is 5.32. The molecule has 0 saturated carbocycles. The van der Waals surface area contributed by atoms with Crippen LogP contribution < -0.4 is 4.74 Å². The Balaban J connectivity index is 3.52. The SMILES string of the molecule is COC(=O)Cc1c(OC(F)(F)F)cc(CCl)nc1C(F)(F)F. The number of esters is 1. The van der Waals surface area contributed by atoms with Crippen LogP contribution in [-0.4, -0.2) is 24.4 Å². The Hall–Kier alpha value is -1.71. The molecule has 0 saturated heterocycles. The van der Waals surface area contributed by atoms with Crippen molar-refractivity contribution in [2.24, 2.45) is 0 Å². The first-order valence-corrected chi connectivity index (χ1v) is 6.00. The van der Waals surface area contributed by atoms with Crippen molar-refractivity contribution >= 4 is 17.6 Å². The number of hydrogen-bond donors (Lipinski definition) is 0. The molecule has 124 valence electrons. The van der Waals surface area contributed by atoms with Crippen LogP contribution in [0.3, 0.4) is 0 Å². The summed E-state index contributed by atoms with van der Waals surface area (Å²) in [7, 11) is 0.875. The third kappa shape index (κ3) is 4.93. The minimum atomic E-state index is -5.25. The summed E-state index contributed by atoms with van der Waals surface area (Å²) in [5, 5.41) is 0. The van der Waals surface area contributed by atoms with Crippen molar-refractivity contribution in [3.05, 3.63) is 23.0 Å². The molecule has 1 aromatic heterocycles. The largest absolute Gasteiger partial charge is 0.573 e. The van der Waals surface area contributed by atoms with Crippen molar-refractivity contribution in [1.82, 2.24) is 4.98 Å². The molecule has 4 nitrogen and oxygen atoms in total. The fraction of sp³-hybridized carbons (Fsp3) is 0.455. The highest BCUT2D eigenvalue weighted by Crippen LogP contribution is 2.37. The van der Waals surface area contributed by atoms with Gasteiger partial charge in [-0.3, -0.25) is 4.79 Å². The molecule has 0 atom stereocenters. The van der Waals surface area contributed by atoms with Crippen LogP contribution in [0.15, 0.2) is 6.07 Å². The lowest BCUT2D eigenvalue weighted by Gasteiger charge is -2.18. The fourth-order valence-corrected chi connectivity index (χ4v) is 1.64. The monoisotopic (exact) mass is 351 g/mol. The lowest BCUT2D eigenvalue weighted by molar-refractivity contribution is -0.275. The highest BCUT2D eigenvalue weighted by atomic mass is 35.5. The van der Waals surface area contributed by atoms with Crippen LogP contribution in [0, 0.1) is 0 Å². The molecule has 0 fully saturated rings. The van der Waals surface area contributed by atoms with Crippen molar-refractivity contribution in [2.75, 3.05) is 7.11 Å². The van der Waals surface area contributed by atoms with Crippen LogP contribution in [0.4, 0.5) is 26.3 Å². The molecule has 1 rings (SSSR count). The number of aromatic nitrogens is 1. The third-order valence-electron chi connectivity index (χ3n) is 2.32. The number of alkyl halides is 7. The van der Waals surface area contributed by atoms with Gasteiger partial charge in [0.1, 0.15) is 5.75 Å². The topological polar surface area (TPSA) is 48.4 Å². The highest BCUT2D eigenvalue weighted by Gasteiger charge is 2.40. The summed E-state index contributed by atoms with van der Waals surface area (Å²) in [4.78, 5) is 14.3. The molecular weight excluding hydrogens is 344 g/mol. The molecule has 0 radical (unpaired) electrons. The maximum Gasteiger partial charge on any atom is 0.573 e. The van der Waals surface area contributed by atoms with Crippen molar-refractivity contribution in [3.8, 4) is 5.75 Å². The van der Waals surface area contributed by atoms with Gasteiger partial charge in [0.25, 0.3) is 0 Å². The van der Waals surface area contributed by atoms with Gasteiger partial charge in [-0.2, -0.15) is 13.2 Å². The van der Waals surface area contributed by atoms with Crippen LogP contribution in [0.25, 0.3) is 0 Å². The summed E-state index contributed by atoms with van der Waals surface area (Å²) in [6.45, 7) is 0. The quantitative estimate of drug-likeness (QED) is 0.473. The number of rotatable bonds is 4. The van der Waals surface area contributed by atoms with Gasteiger partial charge in [-0.15, -0.1) is 24.8 Å². The molecule has 0 spiro atoms. The molecule has 0 bridgehead atoms. The zero-order valence-corrected chi connectivity index (χ0v) is 11.6. The second-order valence-corrected chi connectivity index (χ2v) is 4.14. The molecule has 0 unspecified atom stereocenters. The maximum absolute atomic E-state index is 12.9. The Labute approximate surface area is 125 Å². The first-order valence-electron chi connectivity index (χ1n) is 5.46. The number of pyridine rings is 1. The average Bonchev–Trinajstić information content (AvgIpc) is 2.37. The van der Waals surface area contributed by atoms with Crippen molar-refractivity contribution in [3.63, 3.8) is 0 Å². The van der Waals surface area contributed by atoms with Gasteiger partial charge < -0.3 is 9.47 Å². The molecule has 0 aliphatic heterocycles. The third-order valence-corrected chi connectivity index (χ3v) is 2.59. The second-order valence-electron chi connectivity index (χ2n) is 3.87. The van der Waals surface area contributed by atoms with E-state index >= 15 is 0 Å². The second kappa shape index (κ2) is 6.59. The fourth-order valence-electron chi connectivity index (χ4n) is 1.50. The van der Waals surface area contributed by atoms with E-state index < -0.39 is 53.5 Å². The van der Waals surface area contributed by atoms with E-state index in [-0.39, 0.29) is 0 Å². The molecule has 0 N–H and O–H groups in total. The number of hydrogen-bond acceptors (Lipinski definition) is 4. The van der Waals surface area contributed by atoms with E-state index in [1.54, 1.807) is 0 Å². The minimum absolute atomic E-state index is 0.484. The zero-order chi connectivity index (χ0) is 17.1. The molecule has 0 amide bonds. The van der Waals surface area contributed by atoms with Crippen LogP contribution >= 0.6 is 11.6 Å². The van der Waals surface area contributed by atoms with E-state index in [2.05, 4.69) is 14.5 Å². The lowest BCUT2D eigenvalue weighted by atomic mass is 10.1. The Bertz CT molecular complexity index is 558. The molecule has 0 aromatic carbocycles. The smallest absolute Gasteiger partial charge is 0.469 e. The first kappa shape index (κ1) is 18.3. The Morgan fingerprint density at radius 3 is 2.27 bits per heavy atom. The van der Waals surface area contributed by atoms with Gasteiger partial charge in [0.05, 0.1) is 25.1 Å². The van der Waals surface area contributed by atoms with Crippen molar-refractivity contribution < 1.29 is 40.6 Å².